The normalized spacial score (nSPS) is 11.4. The highest BCUT2D eigenvalue weighted by Crippen LogP contribution is 2.35. The van der Waals surface area contributed by atoms with E-state index >= 15 is 0 Å². The Bertz CT molecular complexity index is 946. The van der Waals surface area contributed by atoms with E-state index in [0.717, 1.165) is 34.1 Å². The summed E-state index contributed by atoms with van der Waals surface area (Å²) in [5.74, 6) is -0.349. The number of halogens is 2. The van der Waals surface area contributed by atoms with Gasteiger partial charge in [-0.3, -0.25) is 0 Å². The van der Waals surface area contributed by atoms with Crippen LogP contribution in [0, 0.1) is 6.92 Å². The number of imidazole rings is 1. The molecule has 1 N–H and O–H groups in total. The Balaban J connectivity index is 2.11. The van der Waals surface area contributed by atoms with Crippen molar-refractivity contribution in [1.82, 2.24) is 9.55 Å². The highest BCUT2D eigenvalue weighted by Gasteiger charge is 2.22. The molecule has 0 radical (unpaired) electrons. The van der Waals surface area contributed by atoms with Gasteiger partial charge in [-0.25, -0.2) is 9.78 Å². The quantitative estimate of drug-likeness (QED) is 0.572. The molecule has 0 amide bonds. The zero-order chi connectivity index (χ0) is 18.1. The predicted octanol–water partition coefficient (Wildman–Crippen LogP) is 5.80. The van der Waals surface area contributed by atoms with Gasteiger partial charge in [-0.2, -0.15) is 0 Å². The number of nitrogens with zero attached hydrogens (tertiary/aromatic N) is 2. The maximum atomic E-state index is 11.7. The number of carboxylic acid groups (broad SMARTS) is 1. The number of rotatable bonds is 6. The third kappa shape index (κ3) is 3.41. The maximum absolute atomic E-state index is 11.7. The van der Waals surface area contributed by atoms with Crippen molar-refractivity contribution in [1.29, 1.82) is 0 Å². The van der Waals surface area contributed by atoms with Crippen LogP contribution in [-0.2, 0) is 13.0 Å². The lowest BCUT2D eigenvalue weighted by Crippen LogP contribution is -2.13. The molecule has 0 aliphatic carbocycles. The fourth-order valence-electron chi connectivity index (χ4n) is 3.01. The molecule has 2 aromatic heterocycles. The summed E-state index contributed by atoms with van der Waals surface area (Å²) in [4.78, 5) is 16.0. The molecule has 0 saturated carbocycles. The number of carbonyl (C=O) groups is 1. The molecule has 25 heavy (non-hydrogen) atoms. The Hall–Kier alpha value is -1.56. The van der Waals surface area contributed by atoms with Crippen LogP contribution >= 0.6 is 34.5 Å². The molecule has 0 unspecified atom stereocenters. The van der Waals surface area contributed by atoms with Crippen LogP contribution in [0.1, 0.15) is 47.2 Å². The SMILES string of the molecule is CCCCc1nc(Cl)c(C(=O)O)n1Cc1csc2c(Cl)ccc(C)c12. The first kappa shape index (κ1) is 18.2. The summed E-state index contributed by atoms with van der Waals surface area (Å²) < 4.78 is 2.75. The molecule has 0 atom stereocenters. The van der Waals surface area contributed by atoms with Gasteiger partial charge in [0.2, 0.25) is 0 Å². The van der Waals surface area contributed by atoms with Crippen LogP contribution in [0.3, 0.4) is 0 Å². The van der Waals surface area contributed by atoms with Crippen LogP contribution in [0.5, 0.6) is 0 Å². The first-order valence-electron chi connectivity index (χ1n) is 8.07. The van der Waals surface area contributed by atoms with E-state index in [2.05, 4.69) is 11.9 Å². The number of benzene rings is 1. The van der Waals surface area contributed by atoms with Crippen LogP contribution in [0.4, 0.5) is 0 Å². The highest BCUT2D eigenvalue weighted by atomic mass is 35.5. The molecule has 0 spiro atoms. The fourth-order valence-corrected chi connectivity index (χ4v) is 4.63. The Morgan fingerprint density at radius 3 is 2.80 bits per heavy atom. The van der Waals surface area contributed by atoms with Crippen LogP contribution in [-0.4, -0.2) is 20.6 Å². The molecule has 1 aromatic carbocycles. The second kappa shape index (κ2) is 7.36. The predicted molar refractivity (Wildman–Crippen MR) is 103 cm³/mol. The minimum atomic E-state index is -1.06. The summed E-state index contributed by atoms with van der Waals surface area (Å²) in [7, 11) is 0. The number of hydrogen-bond acceptors (Lipinski definition) is 3. The molecule has 0 fully saturated rings. The number of thiophene rings is 1. The second-order valence-corrected chi connectivity index (χ2v) is 7.64. The van der Waals surface area contributed by atoms with Crippen molar-refractivity contribution >= 4 is 50.6 Å². The summed E-state index contributed by atoms with van der Waals surface area (Å²) in [6.45, 7) is 4.54. The van der Waals surface area contributed by atoms with Gasteiger partial charge < -0.3 is 9.67 Å². The van der Waals surface area contributed by atoms with E-state index in [0.29, 0.717) is 23.8 Å². The van der Waals surface area contributed by atoms with Gasteiger partial charge in [-0.15, -0.1) is 11.3 Å². The molecular weight excluding hydrogens is 379 g/mol. The van der Waals surface area contributed by atoms with Gasteiger partial charge in [0.1, 0.15) is 5.82 Å². The van der Waals surface area contributed by atoms with Crippen molar-refractivity contribution in [3.8, 4) is 0 Å². The first-order valence-corrected chi connectivity index (χ1v) is 9.71. The molecule has 7 heteroatoms. The minimum Gasteiger partial charge on any atom is -0.476 e. The van der Waals surface area contributed by atoms with Crippen LogP contribution < -0.4 is 0 Å². The number of fused-ring (bicyclic) bond motifs is 1. The molecule has 132 valence electrons. The largest absolute Gasteiger partial charge is 0.476 e. The van der Waals surface area contributed by atoms with Gasteiger partial charge in [0, 0.05) is 11.8 Å². The summed E-state index contributed by atoms with van der Waals surface area (Å²) >= 11 is 14.0. The molecule has 0 aliphatic rings. The van der Waals surface area contributed by atoms with Crippen molar-refractivity contribution in [2.75, 3.05) is 0 Å². The monoisotopic (exact) mass is 396 g/mol. The van der Waals surface area contributed by atoms with E-state index < -0.39 is 5.97 Å². The minimum absolute atomic E-state index is 0.0480. The highest BCUT2D eigenvalue weighted by molar-refractivity contribution is 7.18. The molecule has 0 aliphatic heterocycles. The fraction of sp³-hybridized carbons (Fsp3) is 0.333. The topological polar surface area (TPSA) is 55.1 Å². The lowest BCUT2D eigenvalue weighted by atomic mass is 10.1. The number of hydrogen-bond donors (Lipinski definition) is 1. The Morgan fingerprint density at radius 1 is 1.36 bits per heavy atom. The third-order valence-electron chi connectivity index (χ3n) is 4.25. The Morgan fingerprint density at radius 2 is 2.12 bits per heavy atom. The molecule has 4 nitrogen and oxygen atoms in total. The van der Waals surface area contributed by atoms with E-state index in [-0.39, 0.29) is 10.8 Å². The van der Waals surface area contributed by atoms with Gasteiger partial charge in [0.05, 0.1) is 16.3 Å². The average Bonchev–Trinajstić information content (AvgIpc) is 3.12. The Kier molecular flexibility index (Phi) is 5.37. The molecule has 3 rings (SSSR count). The number of aromatic carboxylic acids is 1. The van der Waals surface area contributed by atoms with E-state index in [1.54, 1.807) is 15.9 Å². The van der Waals surface area contributed by atoms with Gasteiger partial charge in [0.25, 0.3) is 0 Å². The van der Waals surface area contributed by atoms with E-state index in [4.69, 9.17) is 23.2 Å². The lowest BCUT2D eigenvalue weighted by molar-refractivity contribution is 0.0685. The average molecular weight is 397 g/mol. The third-order valence-corrected chi connectivity index (χ3v) is 6.00. The van der Waals surface area contributed by atoms with Gasteiger partial charge in [-0.1, -0.05) is 42.6 Å². The van der Waals surface area contributed by atoms with Gasteiger partial charge in [-0.05, 0) is 35.9 Å². The first-order chi connectivity index (χ1) is 11.9. The smallest absolute Gasteiger partial charge is 0.355 e. The number of aromatic nitrogens is 2. The Labute approximate surface area is 160 Å². The number of unbranched alkanes of at least 4 members (excludes halogenated alkanes) is 1. The molecular formula is C18H18Cl2N2O2S. The van der Waals surface area contributed by atoms with Crippen LogP contribution in [0.15, 0.2) is 17.5 Å². The van der Waals surface area contributed by atoms with Crippen molar-refractivity contribution in [3.63, 3.8) is 0 Å². The maximum Gasteiger partial charge on any atom is 0.355 e. The lowest BCUT2D eigenvalue weighted by Gasteiger charge is -2.10. The van der Waals surface area contributed by atoms with Crippen LogP contribution in [0.2, 0.25) is 10.2 Å². The summed E-state index contributed by atoms with van der Waals surface area (Å²) in [6.07, 6.45) is 2.63. The van der Waals surface area contributed by atoms with Crippen LogP contribution in [0.25, 0.3) is 10.1 Å². The van der Waals surface area contributed by atoms with E-state index in [1.807, 2.05) is 24.4 Å². The van der Waals surface area contributed by atoms with Crippen molar-refractivity contribution in [2.24, 2.45) is 0 Å². The molecule has 0 saturated heterocycles. The van der Waals surface area contributed by atoms with Gasteiger partial charge in [0.15, 0.2) is 10.8 Å². The number of aryl methyl sites for hydroxylation is 2. The summed E-state index contributed by atoms with van der Waals surface area (Å²) in [5.41, 5.74) is 2.20. The molecule has 2 heterocycles. The van der Waals surface area contributed by atoms with Gasteiger partial charge >= 0.3 is 5.97 Å². The zero-order valence-electron chi connectivity index (χ0n) is 14.0. The molecule has 3 aromatic rings. The number of carboxylic acids is 1. The van der Waals surface area contributed by atoms with E-state index in [1.165, 1.54) is 0 Å². The summed E-state index contributed by atoms with van der Waals surface area (Å²) in [6, 6.07) is 3.88. The second-order valence-electron chi connectivity index (χ2n) is 5.99. The van der Waals surface area contributed by atoms with Crippen molar-refractivity contribution < 1.29 is 9.90 Å². The standard InChI is InChI=1S/C18H18Cl2N2O2S/c1-3-4-5-13-21-17(20)15(18(23)24)22(13)8-11-9-25-16-12(19)7-6-10(2)14(11)16/h6-7,9H,3-5,8H2,1-2H3,(H,23,24). The summed E-state index contributed by atoms with van der Waals surface area (Å²) in [5, 5.41) is 13.4. The van der Waals surface area contributed by atoms with E-state index in [9.17, 15) is 9.90 Å². The molecule has 0 bridgehead atoms. The van der Waals surface area contributed by atoms with Crippen molar-refractivity contribution in [2.45, 2.75) is 39.7 Å². The zero-order valence-corrected chi connectivity index (χ0v) is 16.3. The van der Waals surface area contributed by atoms with Crippen molar-refractivity contribution in [3.05, 3.63) is 50.3 Å².